The van der Waals surface area contributed by atoms with Crippen molar-refractivity contribution >= 4 is 5.69 Å². The average molecular weight is 255 g/mol. The van der Waals surface area contributed by atoms with Gasteiger partial charge in [-0.2, -0.15) is 0 Å². The predicted octanol–water partition coefficient (Wildman–Crippen LogP) is 3.65. The van der Waals surface area contributed by atoms with Gasteiger partial charge in [-0.3, -0.25) is 0 Å². The smallest absolute Gasteiger partial charge is 0.104 e. The Balaban J connectivity index is 2.25. The third-order valence-electron chi connectivity index (χ3n) is 3.34. The molecule has 3 N–H and O–H groups in total. The molecule has 0 aromatic heterocycles. The van der Waals surface area contributed by atoms with E-state index in [1.807, 2.05) is 36.4 Å². The fraction of sp³-hybridized carbons (Fsp3) is 0.294. The van der Waals surface area contributed by atoms with Crippen LogP contribution in [0.5, 0.6) is 0 Å². The van der Waals surface area contributed by atoms with E-state index in [0.29, 0.717) is 5.69 Å². The van der Waals surface area contributed by atoms with E-state index in [-0.39, 0.29) is 5.41 Å². The molecule has 0 radical (unpaired) electrons. The van der Waals surface area contributed by atoms with Gasteiger partial charge in [0.25, 0.3) is 0 Å². The molecule has 0 heterocycles. The molecule has 0 aliphatic heterocycles. The lowest BCUT2D eigenvalue weighted by atomic mass is 9.86. The van der Waals surface area contributed by atoms with E-state index >= 15 is 0 Å². The molecule has 2 rings (SSSR count). The van der Waals surface area contributed by atoms with Crippen molar-refractivity contribution in [2.24, 2.45) is 0 Å². The van der Waals surface area contributed by atoms with Crippen molar-refractivity contribution in [3.05, 3.63) is 65.2 Å². The van der Waals surface area contributed by atoms with Gasteiger partial charge in [0.15, 0.2) is 0 Å². The maximum absolute atomic E-state index is 10.3. The summed E-state index contributed by atoms with van der Waals surface area (Å²) < 4.78 is 0. The Hall–Kier alpha value is -1.80. The van der Waals surface area contributed by atoms with Crippen molar-refractivity contribution in [2.75, 3.05) is 5.73 Å². The highest BCUT2D eigenvalue weighted by atomic mass is 16.3. The summed E-state index contributed by atoms with van der Waals surface area (Å²) in [4.78, 5) is 0. The minimum Gasteiger partial charge on any atom is -0.399 e. The molecule has 0 saturated heterocycles. The van der Waals surface area contributed by atoms with Crippen LogP contribution in [0.1, 0.15) is 43.6 Å². The second-order valence-corrected chi connectivity index (χ2v) is 5.94. The van der Waals surface area contributed by atoms with Crippen molar-refractivity contribution in [1.29, 1.82) is 0 Å². The predicted molar refractivity (Wildman–Crippen MR) is 80.1 cm³/mol. The Bertz CT molecular complexity index is 535. The maximum Gasteiger partial charge on any atom is 0.104 e. The standard InChI is InChI=1S/C17H21NO/c1-17(2,3)14-8-4-12(5-9-14)16(19)13-6-10-15(18)11-7-13/h4-11,16,19H,18H2,1-3H3. The summed E-state index contributed by atoms with van der Waals surface area (Å²) in [5.41, 5.74) is 9.51. The first-order chi connectivity index (χ1) is 8.88. The van der Waals surface area contributed by atoms with Gasteiger partial charge in [-0.15, -0.1) is 0 Å². The Morgan fingerprint density at radius 3 is 1.68 bits per heavy atom. The van der Waals surface area contributed by atoms with Crippen LogP contribution >= 0.6 is 0 Å². The van der Waals surface area contributed by atoms with E-state index in [2.05, 4.69) is 32.9 Å². The van der Waals surface area contributed by atoms with E-state index in [0.717, 1.165) is 11.1 Å². The molecular weight excluding hydrogens is 234 g/mol. The molecule has 100 valence electrons. The second kappa shape index (κ2) is 5.06. The van der Waals surface area contributed by atoms with Crippen LogP contribution in [0.3, 0.4) is 0 Å². The molecule has 0 bridgehead atoms. The van der Waals surface area contributed by atoms with Gasteiger partial charge in [-0.05, 0) is 34.2 Å². The van der Waals surface area contributed by atoms with Crippen LogP contribution in [-0.4, -0.2) is 5.11 Å². The van der Waals surface area contributed by atoms with Gasteiger partial charge >= 0.3 is 0 Å². The number of hydrogen-bond acceptors (Lipinski definition) is 2. The number of aliphatic hydroxyl groups is 1. The van der Waals surface area contributed by atoms with Crippen molar-refractivity contribution in [2.45, 2.75) is 32.3 Å². The van der Waals surface area contributed by atoms with Gasteiger partial charge in [0.2, 0.25) is 0 Å². The lowest BCUT2D eigenvalue weighted by Gasteiger charge is -2.20. The lowest BCUT2D eigenvalue weighted by Crippen LogP contribution is -2.11. The molecule has 1 unspecified atom stereocenters. The minimum absolute atomic E-state index is 0.130. The van der Waals surface area contributed by atoms with Crippen LogP contribution < -0.4 is 5.73 Å². The Labute approximate surface area is 114 Å². The van der Waals surface area contributed by atoms with Crippen LogP contribution in [-0.2, 0) is 5.41 Å². The average Bonchev–Trinajstić information content (AvgIpc) is 2.38. The maximum atomic E-state index is 10.3. The number of aliphatic hydroxyl groups excluding tert-OH is 1. The number of nitrogen functional groups attached to an aromatic ring is 1. The molecule has 2 heteroatoms. The topological polar surface area (TPSA) is 46.2 Å². The highest BCUT2D eigenvalue weighted by molar-refractivity contribution is 5.42. The van der Waals surface area contributed by atoms with Crippen LogP contribution in [0.15, 0.2) is 48.5 Å². The number of nitrogens with two attached hydrogens (primary N) is 1. The van der Waals surface area contributed by atoms with Gasteiger partial charge < -0.3 is 10.8 Å². The van der Waals surface area contributed by atoms with Gasteiger partial charge in [0.05, 0.1) is 0 Å². The first-order valence-electron chi connectivity index (χ1n) is 6.52. The monoisotopic (exact) mass is 255 g/mol. The molecule has 0 spiro atoms. The Morgan fingerprint density at radius 1 is 0.842 bits per heavy atom. The SMILES string of the molecule is CC(C)(C)c1ccc(C(O)c2ccc(N)cc2)cc1. The molecule has 0 amide bonds. The zero-order valence-electron chi connectivity index (χ0n) is 11.7. The second-order valence-electron chi connectivity index (χ2n) is 5.94. The third kappa shape index (κ3) is 3.15. The van der Waals surface area contributed by atoms with Crippen LogP contribution in [0.2, 0.25) is 0 Å². The van der Waals surface area contributed by atoms with Crippen molar-refractivity contribution < 1.29 is 5.11 Å². The highest BCUT2D eigenvalue weighted by Crippen LogP contribution is 2.26. The summed E-state index contributed by atoms with van der Waals surface area (Å²) >= 11 is 0. The normalized spacial score (nSPS) is 13.3. The Morgan fingerprint density at radius 2 is 1.26 bits per heavy atom. The summed E-state index contributed by atoms with van der Waals surface area (Å²) in [6.45, 7) is 6.54. The highest BCUT2D eigenvalue weighted by Gasteiger charge is 2.15. The molecule has 0 aliphatic rings. The number of hydrogen-bond donors (Lipinski definition) is 2. The lowest BCUT2D eigenvalue weighted by molar-refractivity contribution is 0.220. The van der Waals surface area contributed by atoms with Crippen molar-refractivity contribution in [3.63, 3.8) is 0 Å². The molecule has 19 heavy (non-hydrogen) atoms. The van der Waals surface area contributed by atoms with Gasteiger partial charge in [-0.1, -0.05) is 57.2 Å². The van der Waals surface area contributed by atoms with Crippen molar-refractivity contribution in [3.8, 4) is 0 Å². The Kier molecular flexibility index (Phi) is 3.63. The van der Waals surface area contributed by atoms with E-state index in [1.165, 1.54) is 5.56 Å². The van der Waals surface area contributed by atoms with E-state index < -0.39 is 6.10 Å². The molecule has 0 saturated carbocycles. The molecule has 0 fully saturated rings. The van der Waals surface area contributed by atoms with Crippen LogP contribution in [0, 0.1) is 0 Å². The molecule has 2 aromatic carbocycles. The van der Waals surface area contributed by atoms with E-state index in [1.54, 1.807) is 0 Å². The number of rotatable bonds is 2. The summed E-state index contributed by atoms with van der Waals surface area (Å²) in [7, 11) is 0. The van der Waals surface area contributed by atoms with Gasteiger partial charge in [0.1, 0.15) is 6.10 Å². The number of anilines is 1. The zero-order chi connectivity index (χ0) is 14.0. The fourth-order valence-electron chi connectivity index (χ4n) is 2.04. The zero-order valence-corrected chi connectivity index (χ0v) is 11.7. The first kappa shape index (κ1) is 13.6. The van der Waals surface area contributed by atoms with Crippen LogP contribution in [0.25, 0.3) is 0 Å². The van der Waals surface area contributed by atoms with Gasteiger partial charge in [0, 0.05) is 5.69 Å². The fourth-order valence-corrected chi connectivity index (χ4v) is 2.04. The molecule has 2 nitrogen and oxygen atoms in total. The summed E-state index contributed by atoms with van der Waals surface area (Å²) in [5.74, 6) is 0. The molecule has 0 aliphatic carbocycles. The van der Waals surface area contributed by atoms with E-state index in [4.69, 9.17) is 5.73 Å². The summed E-state index contributed by atoms with van der Waals surface area (Å²) in [6.07, 6.45) is -0.602. The van der Waals surface area contributed by atoms with Crippen LogP contribution in [0.4, 0.5) is 5.69 Å². The summed E-state index contributed by atoms with van der Waals surface area (Å²) in [5, 5.41) is 10.3. The quantitative estimate of drug-likeness (QED) is 0.805. The molecule has 2 aromatic rings. The molecule has 1 atom stereocenters. The van der Waals surface area contributed by atoms with Crippen molar-refractivity contribution in [1.82, 2.24) is 0 Å². The van der Waals surface area contributed by atoms with E-state index in [9.17, 15) is 5.11 Å². The minimum atomic E-state index is -0.602. The third-order valence-corrected chi connectivity index (χ3v) is 3.34. The first-order valence-corrected chi connectivity index (χ1v) is 6.52. The molecular formula is C17H21NO. The number of benzene rings is 2. The largest absolute Gasteiger partial charge is 0.399 e. The van der Waals surface area contributed by atoms with Gasteiger partial charge in [-0.25, -0.2) is 0 Å². The summed E-state index contributed by atoms with van der Waals surface area (Å²) in [6, 6.07) is 15.5.